The van der Waals surface area contributed by atoms with E-state index in [1.165, 1.54) is 5.56 Å². The maximum absolute atomic E-state index is 6.21. The van der Waals surface area contributed by atoms with Crippen molar-refractivity contribution >= 4 is 5.96 Å². The zero-order valence-electron chi connectivity index (χ0n) is 16.9. The van der Waals surface area contributed by atoms with Gasteiger partial charge in [-0.05, 0) is 25.5 Å². The van der Waals surface area contributed by atoms with E-state index in [1.807, 2.05) is 48.0 Å². The van der Waals surface area contributed by atoms with Gasteiger partial charge in [0.25, 0.3) is 0 Å². The minimum Gasteiger partial charge on any atom is -0.493 e. The summed E-state index contributed by atoms with van der Waals surface area (Å²) in [4.78, 5) is 4.59. The summed E-state index contributed by atoms with van der Waals surface area (Å²) in [7, 11) is 0. The van der Waals surface area contributed by atoms with Gasteiger partial charge < -0.3 is 15.8 Å². The highest BCUT2D eigenvalue weighted by Crippen LogP contribution is 2.31. The molecule has 0 saturated heterocycles. The van der Waals surface area contributed by atoms with Crippen LogP contribution in [0.25, 0.3) is 0 Å². The number of nitrogens with two attached hydrogens (primary N) is 1. The molecule has 150 valence electrons. The van der Waals surface area contributed by atoms with Crippen molar-refractivity contribution < 1.29 is 4.74 Å². The molecule has 6 heteroatoms. The molecule has 0 bridgehead atoms. The zero-order chi connectivity index (χ0) is 20.2. The summed E-state index contributed by atoms with van der Waals surface area (Å²) < 4.78 is 7.75. The number of hydrogen-bond acceptors (Lipinski definition) is 3. The van der Waals surface area contributed by atoms with E-state index in [-0.39, 0.29) is 6.04 Å². The third-order valence-electron chi connectivity index (χ3n) is 5.39. The Labute approximate surface area is 171 Å². The molecule has 3 aromatic rings. The van der Waals surface area contributed by atoms with Gasteiger partial charge in [0.05, 0.1) is 31.4 Å². The Morgan fingerprint density at radius 1 is 1.17 bits per heavy atom. The fourth-order valence-electron chi connectivity index (χ4n) is 3.75. The van der Waals surface area contributed by atoms with Crippen molar-refractivity contribution in [1.29, 1.82) is 0 Å². The van der Waals surface area contributed by atoms with Gasteiger partial charge >= 0.3 is 0 Å². The summed E-state index contributed by atoms with van der Waals surface area (Å²) in [5.41, 5.74) is 11.8. The van der Waals surface area contributed by atoms with Crippen molar-refractivity contribution in [3.05, 3.63) is 82.7 Å². The number of aromatic nitrogens is 2. The molecule has 0 saturated carbocycles. The van der Waals surface area contributed by atoms with E-state index in [0.29, 0.717) is 19.1 Å². The van der Waals surface area contributed by atoms with E-state index >= 15 is 0 Å². The third-order valence-corrected chi connectivity index (χ3v) is 5.39. The molecule has 0 amide bonds. The van der Waals surface area contributed by atoms with E-state index < -0.39 is 0 Å². The molecule has 6 nitrogen and oxygen atoms in total. The second-order valence-corrected chi connectivity index (χ2v) is 7.37. The molecule has 0 fully saturated rings. The number of nitrogens with zero attached hydrogens (tertiary/aromatic N) is 3. The minimum absolute atomic E-state index is 0.117. The van der Waals surface area contributed by atoms with Crippen LogP contribution in [0.4, 0.5) is 0 Å². The average molecular weight is 390 g/mol. The molecule has 29 heavy (non-hydrogen) atoms. The number of ether oxygens (including phenoxy) is 1. The molecule has 4 rings (SSSR count). The highest BCUT2D eigenvalue weighted by Gasteiger charge is 2.21. The number of fused-ring (bicyclic) bond motifs is 1. The van der Waals surface area contributed by atoms with Crippen LogP contribution in [-0.2, 0) is 13.1 Å². The normalized spacial score (nSPS) is 16.2. The second-order valence-electron chi connectivity index (χ2n) is 7.37. The fraction of sp³-hybridized carbons (Fsp3) is 0.304. The van der Waals surface area contributed by atoms with Crippen LogP contribution in [0.2, 0.25) is 0 Å². The van der Waals surface area contributed by atoms with Gasteiger partial charge in [-0.3, -0.25) is 4.68 Å². The summed E-state index contributed by atoms with van der Waals surface area (Å²) in [6.07, 6.45) is 0.861. The lowest BCUT2D eigenvalue weighted by Crippen LogP contribution is -2.37. The molecule has 1 aliphatic heterocycles. The van der Waals surface area contributed by atoms with Crippen LogP contribution in [0.1, 0.15) is 40.5 Å². The SMILES string of the molecule is Cc1nn(Cc2ccccc2)c(C)c1CN=C(N)NC1CCOc2ccccc21. The highest BCUT2D eigenvalue weighted by molar-refractivity contribution is 5.78. The molecule has 1 aromatic heterocycles. The maximum atomic E-state index is 6.21. The van der Waals surface area contributed by atoms with Gasteiger partial charge in [0.2, 0.25) is 0 Å². The summed E-state index contributed by atoms with van der Waals surface area (Å²) in [6.45, 7) is 6.05. The van der Waals surface area contributed by atoms with E-state index in [1.54, 1.807) is 0 Å². The summed E-state index contributed by atoms with van der Waals surface area (Å²) in [5, 5.41) is 8.05. The smallest absolute Gasteiger partial charge is 0.189 e. The van der Waals surface area contributed by atoms with Gasteiger partial charge in [0, 0.05) is 23.2 Å². The molecule has 2 heterocycles. The Morgan fingerprint density at radius 3 is 2.76 bits per heavy atom. The molecular weight excluding hydrogens is 362 g/mol. The van der Waals surface area contributed by atoms with Crippen LogP contribution in [0.3, 0.4) is 0 Å². The van der Waals surface area contributed by atoms with Crippen LogP contribution in [0.5, 0.6) is 5.75 Å². The van der Waals surface area contributed by atoms with Crippen LogP contribution in [0, 0.1) is 13.8 Å². The zero-order valence-corrected chi connectivity index (χ0v) is 16.9. The van der Waals surface area contributed by atoms with E-state index in [9.17, 15) is 0 Å². The Hall–Kier alpha value is -3.28. The lowest BCUT2D eigenvalue weighted by atomic mass is 10.0. The number of benzene rings is 2. The molecule has 1 unspecified atom stereocenters. The van der Waals surface area contributed by atoms with Gasteiger partial charge in [-0.25, -0.2) is 4.99 Å². The van der Waals surface area contributed by atoms with E-state index in [4.69, 9.17) is 15.6 Å². The first kappa shape index (κ1) is 19.1. The topological polar surface area (TPSA) is 77.5 Å². The van der Waals surface area contributed by atoms with Crippen LogP contribution >= 0.6 is 0 Å². The molecule has 0 radical (unpaired) electrons. The van der Waals surface area contributed by atoms with Gasteiger partial charge in [-0.1, -0.05) is 48.5 Å². The molecular formula is C23H27N5O. The van der Waals surface area contributed by atoms with Gasteiger partial charge in [-0.15, -0.1) is 0 Å². The molecule has 2 aromatic carbocycles. The lowest BCUT2D eigenvalue weighted by Gasteiger charge is -2.26. The fourth-order valence-corrected chi connectivity index (χ4v) is 3.75. The molecule has 1 aliphatic rings. The third kappa shape index (κ3) is 4.26. The molecule has 1 atom stereocenters. The Morgan fingerprint density at radius 2 is 1.93 bits per heavy atom. The van der Waals surface area contributed by atoms with Gasteiger partial charge in [0.1, 0.15) is 5.75 Å². The predicted molar refractivity (Wildman–Crippen MR) is 115 cm³/mol. The van der Waals surface area contributed by atoms with Crippen molar-refractivity contribution in [2.24, 2.45) is 10.7 Å². The Bertz CT molecular complexity index is 1010. The van der Waals surface area contributed by atoms with E-state index in [2.05, 4.69) is 35.4 Å². The Kier molecular flexibility index (Phi) is 5.51. The predicted octanol–water partition coefficient (Wildman–Crippen LogP) is 3.48. The first-order valence-electron chi connectivity index (χ1n) is 9.97. The average Bonchev–Trinajstić information content (AvgIpc) is 3.00. The number of nitrogens with one attached hydrogen (secondary N) is 1. The van der Waals surface area contributed by atoms with Gasteiger partial charge in [0.15, 0.2) is 5.96 Å². The second kappa shape index (κ2) is 8.39. The maximum Gasteiger partial charge on any atom is 0.189 e. The van der Waals surface area contributed by atoms with Gasteiger partial charge in [-0.2, -0.15) is 5.10 Å². The summed E-state index contributed by atoms with van der Waals surface area (Å²) in [6, 6.07) is 18.5. The minimum atomic E-state index is 0.117. The monoisotopic (exact) mass is 389 g/mol. The first-order valence-corrected chi connectivity index (χ1v) is 9.97. The number of guanidine groups is 1. The van der Waals surface area contributed by atoms with Crippen LogP contribution < -0.4 is 15.8 Å². The van der Waals surface area contributed by atoms with Crippen molar-refractivity contribution in [3.8, 4) is 5.75 Å². The highest BCUT2D eigenvalue weighted by atomic mass is 16.5. The first-order chi connectivity index (χ1) is 14.1. The van der Waals surface area contributed by atoms with Crippen LogP contribution in [0.15, 0.2) is 59.6 Å². The lowest BCUT2D eigenvalue weighted by molar-refractivity contribution is 0.262. The number of para-hydroxylation sites is 1. The van der Waals surface area contributed by atoms with Crippen molar-refractivity contribution in [2.45, 2.75) is 39.4 Å². The summed E-state index contributed by atoms with van der Waals surface area (Å²) in [5.74, 6) is 1.36. The van der Waals surface area contributed by atoms with Crippen molar-refractivity contribution in [3.63, 3.8) is 0 Å². The quantitative estimate of drug-likeness (QED) is 0.517. The molecule has 0 aliphatic carbocycles. The number of aliphatic imine (C=N–C) groups is 1. The van der Waals surface area contributed by atoms with Crippen LogP contribution in [-0.4, -0.2) is 22.3 Å². The Balaban J connectivity index is 1.45. The molecule has 0 spiro atoms. The van der Waals surface area contributed by atoms with E-state index in [0.717, 1.165) is 41.2 Å². The van der Waals surface area contributed by atoms with Crippen molar-refractivity contribution in [1.82, 2.24) is 15.1 Å². The molecule has 3 N–H and O–H groups in total. The number of aryl methyl sites for hydroxylation is 1. The summed E-state index contributed by atoms with van der Waals surface area (Å²) >= 11 is 0. The largest absolute Gasteiger partial charge is 0.493 e. The van der Waals surface area contributed by atoms with Crippen molar-refractivity contribution in [2.75, 3.05) is 6.61 Å². The standard InChI is InChI=1S/C23H27N5O/c1-16-20(17(2)28(27-16)15-18-8-4-3-5-9-18)14-25-23(24)26-21-12-13-29-22-11-7-6-10-19(21)22/h3-11,21H,12-15H2,1-2H3,(H3,24,25,26). The number of hydrogen-bond donors (Lipinski definition) is 2. The number of rotatable bonds is 5.